The van der Waals surface area contributed by atoms with Gasteiger partial charge in [0.15, 0.2) is 0 Å². The van der Waals surface area contributed by atoms with E-state index in [2.05, 4.69) is 15.3 Å². The van der Waals surface area contributed by atoms with Gasteiger partial charge in [0, 0.05) is 32.5 Å². The number of hydrogen-bond acceptors (Lipinski definition) is 6. The van der Waals surface area contributed by atoms with Gasteiger partial charge < -0.3 is 15.0 Å². The van der Waals surface area contributed by atoms with Gasteiger partial charge in [-0.1, -0.05) is 12.1 Å². The molecule has 1 atom stereocenters. The number of nitrogens with one attached hydrogen (secondary N) is 1. The number of likely N-dealkylation sites (N-methyl/N-ethyl adjacent to an activating group) is 1. The van der Waals surface area contributed by atoms with E-state index in [9.17, 15) is 4.79 Å². The molecule has 0 aliphatic carbocycles. The summed E-state index contributed by atoms with van der Waals surface area (Å²) in [5, 5.41) is 3.03. The summed E-state index contributed by atoms with van der Waals surface area (Å²) < 4.78 is 5.84. The van der Waals surface area contributed by atoms with Gasteiger partial charge in [-0.2, -0.15) is 0 Å². The molecule has 1 aliphatic heterocycles. The van der Waals surface area contributed by atoms with Gasteiger partial charge in [0.2, 0.25) is 5.91 Å². The number of carbonyl (C=O) groups is 1. The molecule has 1 amide bonds. The highest BCUT2D eigenvalue weighted by molar-refractivity contribution is 5.78. The van der Waals surface area contributed by atoms with Crippen LogP contribution in [0, 0.1) is 0 Å². The van der Waals surface area contributed by atoms with E-state index in [0.29, 0.717) is 32.8 Å². The highest BCUT2D eigenvalue weighted by Gasteiger charge is 2.26. The summed E-state index contributed by atoms with van der Waals surface area (Å²) in [6.45, 7) is 2.72. The van der Waals surface area contributed by atoms with Crippen LogP contribution in [0.25, 0.3) is 0 Å². The van der Waals surface area contributed by atoms with Gasteiger partial charge in [-0.3, -0.25) is 14.7 Å². The van der Waals surface area contributed by atoms with Crippen molar-refractivity contribution in [2.45, 2.75) is 12.6 Å². The van der Waals surface area contributed by atoms with Crippen LogP contribution in [0.3, 0.4) is 0 Å². The van der Waals surface area contributed by atoms with Crippen LogP contribution in [0.4, 0.5) is 5.82 Å². The molecule has 2 aromatic rings. The Morgan fingerprint density at radius 3 is 3.04 bits per heavy atom. The maximum Gasteiger partial charge on any atom is 0.236 e. The van der Waals surface area contributed by atoms with Crippen LogP contribution in [-0.4, -0.2) is 66.0 Å². The van der Waals surface area contributed by atoms with Crippen LogP contribution >= 0.6 is 0 Å². The molecule has 0 saturated carbocycles. The molecule has 7 nitrogen and oxygen atoms in total. The Hall–Kier alpha value is -2.51. The van der Waals surface area contributed by atoms with E-state index in [-0.39, 0.29) is 12.0 Å². The minimum Gasteiger partial charge on any atom is -0.373 e. The minimum atomic E-state index is -0.190. The number of aromatic nitrogens is 2. The van der Waals surface area contributed by atoms with Crippen LogP contribution in [0.1, 0.15) is 17.4 Å². The molecule has 0 unspecified atom stereocenters. The number of pyridine rings is 2. The van der Waals surface area contributed by atoms with E-state index in [1.165, 1.54) is 0 Å². The van der Waals surface area contributed by atoms with Gasteiger partial charge in [-0.15, -0.1) is 0 Å². The van der Waals surface area contributed by atoms with Crippen molar-refractivity contribution in [1.29, 1.82) is 0 Å². The zero-order chi connectivity index (χ0) is 18.4. The summed E-state index contributed by atoms with van der Waals surface area (Å²) in [4.78, 5) is 25.2. The number of nitrogens with zero attached hydrogens (tertiary/aromatic N) is 4. The summed E-state index contributed by atoms with van der Waals surface area (Å²) in [6, 6.07) is 9.71. The zero-order valence-electron chi connectivity index (χ0n) is 15.3. The van der Waals surface area contributed by atoms with Gasteiger partial charge in [0.25, 0.3) is 0 Å². The highest BCUT2D eigenvalue weighted by Crippen LogP contribution is 2.22. The Bertz CT molecular complexity index is 725. The quantitative estimate of drug-likeness (QED) is 0.848. The molecule has 1 saturated heterocycles. The number of hydrogen-bond donors (Lipinski definition) is 1. The second kappa shape index (κ2) is 8.73. The third-order valence-corrected chi connectivity index (χ3v) is 4.36. The van der Waals surface area contributed by atoms with E-state index in [1.807, 2.05) is 60.4 Å². The average molecular weight is 355 g/mol. The summed E-state index contributed by atoms with van der Waals surface area (Å²) >= 11 is 0. The van der Waals surface area contributed by atoms with E-state index < -0.39 is 0 Å². The molecule has 0 radical (unpaired) electrons. The third kappa shape index (κ3) is 4.77. The molecule has 0 spiro atoms. The monoisotopic (exact) mass is 355 g/mol. The minimum absolute atomic E-state index is 0.106. The Kier molecular flexibility index (Phi) is 6.14. The lowest BCUT2D eigenvalue weighted by Gasteiger charge is -2.33. The Morgan fingerprint density at radius 2 is 2.27 bits per heavy atom. The molecule has 2 aromatic heterocycles. The fourth-order valence-electron chi connectivity index (χ4n) is 3.01. The van der Waals surface area contributed by atoms with Crippen LogP contribution in [-0.2, 0) is 16.1 Å². The number of ether oxygens (including phenoxy) is 1. The standard InChI is InChI=1S/C19H25N5O2/c1-20-18-7-3-6-16(22-18)17-13-24(9-10-26-17)19(25)14-23(2)12-15-5-4-8-21-11-15/h3-8,11,17H,9-10,12-14H2,1-2H3,(H,20,22)/t17-/m1/s1. The van der Waals surface area contributed by atoms with Crippen LogP contribution in [0.2, 0.25) is 0 Å². The lowest BCUT2D eigenvalue weighted by atomic mass is 10.2. The molecule has 0 bridgehead atoms. The second-order valence-electron chi connectivity index (χ2n) is 6.43. The topological polar surface area (TPSA) is 70.6 Å². The number of carbonyl (C=O) groups excluding carboxylic acids is 1. The van der Waals surface area contributed by atoms with Crippen molar-refractivity contribution in [3.63, 3.8) is 0 Å². The van der Waals surface area contributed by atoms with Gasteiger partial charge >= 0.3 is 0 Å². The SMILES string of the molecule is CNc1cccc([C@H]2CN(C(=O)CN(C)Cc3cccnc3)CCO2)n1. The predicted octanol–water partition coefficient (Wildman–Crippen LogP) is 1.55. The van der Waals surface area contributed by atoms with Crippen molar-refractivity contribution >= 4 is 11.7 Å². The molecule has 26 heavy (non-hydrogen) atoms. The lowest BCUT2D eigenvalue weighted by molar-refractivity contribution is -0.140. The third-order valence-electron chi connectivity index (χ3n) is 4.36. The van der Waals surface area contributed by atoms with Gasteiger partial charge in [0.1, 0.15) is 11.9 Å². The maximum absolute atomic E-state index is 12.7. The average Bonchev–Trinajstić information content (AvgIpc) is 2.69. The molecule has 1 fully saturated rings. The van der Waals surface area contributed by atoms with E-state index in [0.717, 1.165) is 17.1 Å². The van der Waals surface area contributed by atoms with Gasteiger partial charge in [0.05, 0.1) is 25.4 Å². The summed E-state index contributed by atoms with van der Waals surface area (Å²) in [5.41, 5.74) is 1.94. The summed E-state index contributed by atoms with van der Waals surface area (Å²) in [6.07, 6.45) is 3.39. The number of rotatable bonds is 6. The van der Waals surface area contributed by atoms with E-state index >= 15 is 0 Å². The fraction of sp³-hybridized carbons (Fsp3) is 0.421. The molecular weight excluding hydrogens is 330 g/mol. The molecule has 3 heterocycles. The van der Waals surface area contributed by atoms with Crippen molar-refractivity contribution in [2.24, 2.45) is 0 Å². The molecule has 1 aliphatic rings. The lowest BCUT2D eigenvalue weighted by Crippen LogP contribution is -2.46. The molecule has 0 aromatic carbocycles. The summed E-state index contributed by atoms with van der Waals surface area (Å²) in [5.74, 6) is 0.903. The first-order chi connectivity index (χ1) is 12.7. The van der Waals surface area contributed by atoms with Gasteiger partial charge in [-0.05, 0) is 30.8 Å². The van der Waals surface area contributed by atoms with Crippen molar-refractivity contribution in [3.8, 4) is 0 Å². The fourth-order valence-corrected chi connectivity index (χ4v) is 3.01. The Morgan fingerprint density at radius 1 is 1.38 bits per heavy atom. The Labute approximate surface area is 154 Å². The first-order valence-electron chi connectivity index (χ1n) is 8.77. The van der Waals surface area contributed by atoms with Crippen LogP contribution in [0.5, 0.6) is 0 Å². The number of morpholine rings is 1. The first-order valence-corrected chi connectivity index (χ1v) is 8.77. The van der Waals surface area contributed by atoms with Gasteiger partial charge in [-0.25, -0.2) is 4.98 Å². The van der Waals surface area contributed by atoms with Crippen molar-refractivity contribution in [3.05, 3.63) is 54.0 Å². The normalized spacial score (nSPS) is 17.3. The number of amides is 1. The van der Waals surface area contributed by atoms with Crippen LogP contribution in [0.15, 0.2) is 42.7 Å². The number of anilines is 1. The molecule has 3 rings (SSSR count). The summed E-state index contributed by atoms with van der Waals surface area (Å²) in [7, 11) is 3.78. The zero-order valence-corrected chi connectivity index (χ0v) is 15.3. The molecule has 138 valence electrons. The van der Waals surface area contributed by atoms with E-state index in [4.69, 9.17) is 4.74 Å². The maximum atomic E-state index is 12.7. The smallest absolute Gasteiger partial charge is 0.236 e. The first kappa shape index (κ1) is 18.3. The van der Waals surface area contributed by atoms with Crippen molar-refractivity contribution in [1.82, 2.24) is 19.8 Å². The largest absolute Gasteiger partial charge is 0.373 e. The van der Waals surface area contributed by atoms with Crippen molar-refractivity contribution < 1.29 is 9.53 Å². The van der Waals surface area contributed by atoms with Crippen LogP contribution < -0.4 is 5.32 Å². The van der Waals surface area contributed by atoms with E-state index in [1.54, 1.807) is 6.20 Å². The van der Waals surface area contributed by atoms with Crippen molar-refractivity contribution in [2.75, 3.05) is 45.7 Å². The molecule has 7 heteroatoms. The second-order valence-corrected chi connectivity index (χ2v) is 6.43. The molecule has 1 N–H and O–H groups in total. The Balaban J connectivity index is 1.57. The molecular formula is C19H25N5O2. The highest BCUT2D eigenvalue weighted by atomic mass is 16.5. The predicted molar refractivity (Wildman–Crippen MR) is 99.6 cm³/mol.